The highest BCUT2D eigenvalue weighted by atomic mass is 32.2. The summed E-state index contributed by atoms with van der Waals surface area (Å²) in [5.41, 5.74) is 0.755. The number of pyridine rings is 1. The fourth-order valence-corrected chi connectivity index (χ4v) is 3.35. The van der Waals surface area contributed by atoms with Crippen LogP contribution in [0, 0.1) is 0 Å². The van der Waals surface area contributed by atoms with Gasteiger partial charge in [0.1, 0.15) is 5.82 Å². The normalized spacial score (nSPS) is 11.7. The van der Waals surface area contributed by atoms with E-state index in [1.807, 2.05) is 35.7 Å². The van der Waals surface area contributed by atoms with Crippen molar-refractivity contribution in [1.82, 2.24) is 4.98 Å². The first-order chi connectivity index (χ1) is 11.1. The molecule has 0 saturated heterocycles. The van der Waals surface area contributed by atoms with Crippen LogP contribution in [0.5, 0.6) is 0 Å². The van der Waals surface area contributed by atoms with E-state index in [-0.39, 0.29) is 4.90 Å². The van der Waals surface area contributed by atoms with Gasteiger partial charge in [-0.15, -0.1) is 11.3 Å². The van der Waals surface area contributed by atoms with Crippen molar-refractivity contribution in [2.75, 3.05) is 5.32 Å². The van der Waals surface area contributed by atoms with Crippen molar-refractivity contribution in [3.8, 4) is 0 Å². The largest absolute Gasteiger partial charge is 0.340 e. The van der Waals surface area contributed by atoms with Crippen LogP contribution in [0.25, 0.3) is 0 Å². The maximum absolute atomic E-state index is 12.2. The number of anilines is 2. The molecule has 0 amide bonds. The summed E-state index contributed by atoms with van der Waals surface area (Å²) < 4.78 is 28.0. The smallest absolute Gasteiger partial charge is 0.282 e. The van der Waals surface area contributed by atoms with Crippen molar-refractivity contribution < 1.29 is 8.42 Å². The monoisotopic (exact) mass is 343 g/mol. The number of hydrogen-bond donors (Lipinski definition) is 1. The number of benzene rings is 1. The molecule has 0 aliphatic rings. The molecule has 3 aromatic rings. The number of thiophene rings is 1. The first-order valence-corrected chi connectivity index (χ1v) is 9.07. The highest BCUT2D eigenvalue weighted by Crippen LogP contribution is 2.19. The minimum Gasteiger partial charge on any atom is -0.340 e. The second-order valence-corrected chi connectivity index (χ2v) is 7.20. The summed E-state index contributed by atoms with van der Waals surface area (Å²) in [4.78, 5) is 5.09. The molecule has 0 radical (unpaired) electrons. The van der Waals surface area contributed by atoms with Crippen molar-refractivity contribution >= 4 is 39.1 Å². The van der Waals surface area contributed by atoms with Crippen LogP contribution in [0.15, 0.2) is 75.5 Å². The lowest BCUT2D eigenvalue weighted by Gasteiger charge is -2.05. The van der Waals surface area contributed by atoms with Gasteiger partial charge in [0.2, 0.25) is 0 Å². The Morgan fingerprint density at radius 1 is 1.04 bits per heavy atom. The van der Waals surface area contributed by atoms with Crippen molar-refractivity contribution in [3.05, 3.63) is 71.1 Å². The molecule has 23 heavy (non-hydrogen) atoms. The van der Waals surface area contributed by atoms with Gasteiger partial charge in [-0.25, -0.2) is 4.98 Å². The van der Waals surface area contributed by atoms with Crippen molar-refractivity contribution in [1.29, 1.82) is 0 Å². The first-order valence-electron chi connectivity index (χ1n) is 6.75. The van der Waals surface area contributed by atoms with Crippen LogP contribution in [-0.2, 0) is 10.0 Å². The molecule has 116 valence electrons. The zero-order valence-electron chi connectivity index (χ0n) is 12.0. The lowest BCUT2D eigenvalue weighted by molar-refractivity contribution is 0.598. The number of sulfonamides is 1. The minimum absolute atomic E-state index is 0.150. The SMILES string of the molecule is O=S(=O)(/N=C/c1cccs1)c1ccc(Nc2ccccn2)cc1. The predicted molar refractivity (Wildman–Crippen MR) is 93.1 cm³/mol. The fraction of sp³-hybridized carbons (Fsp3) is 0. The van der Waals surface area contributed by atoms with E-state index in [2.05, 4.69) is 14.7 Å². The van der Waals surface area contributed by atoms with Crippen LogP contribution in [0.2, 0.25) is 0 Å². The fourth-order valence-electron chi connectivity index (χ4n) is 1.84. The second kappa shape index (κ2) is 6.72. The van der Waals surface area contributed by atoms with Crippen LogP contribution in [-0.4, -0.2) is 19.6 Å². The molecule has 0 aliphatic heterocycles. The van der Waals surface area contributed by atoms with E-state index in [4.69, 9.17) is 0 Å². The van der Waals surface area contributed by atoms with E-state index < -0.39 is 10.0 Å². The van der Waals surface area contributed by atoms with Crippen molar-refractivity contribution in [2.45, 2.75) is 4.90 Å². The Labute approximate surface area is 138 Å². The third kappa shape index (κ3) is 4.02. The molecular weight excluding hydrogens is 330 g/mol. The summed E-state index contributed by atoms with van der Waals surface area (Å²) in [6, 6.07) is 15.6. The van der Waals surface area contributed by atoms with Gasteiger partial charge in [-0.2, -0.15) is 12.8 Å². The minimum atomic E-state index is -3.69. The first kappa shape index (κ1) is 15.4. The van der Waals surface area contributed by atoms with Crippen LogP contribution < -0.4 is 5.32 Å². The van der Waals surface area contributed by atoms with Gasteiger partial charge in [-0.3, -0.25) is 0 Å². The third-order valence-corrected chi connectivity index (χ3v) is 5.01. The Morgan fingerprint density at radius 2 is 1.87 bits per heavy atom. The van der Waals surface area contributed by atoms with E-state index in [1.54, 1.807) is 18.3 Å². The summed E-state index contributed by atoms with van der Waals surface area (Å²) in [5, 5.41) is 4.96. The molecule has 3 rings (SSSR count). The lowest BCUT2D eigenvalue weighted by atomic mass is 10.3. The number of nitrogens with zero attached hydrogens (tertiary/aromatic N) is 2. The Kier molecular flexibility index (Phi) is 4.50. The molecule has 7 heteroatoms. The van der Waals surface area contributed by atoms with Gasteiger partial charge in [0.15, 0.2) is 0 Å². The summed E-state index contributed by atoms with van der Waals surface area (Å²) in [6.07, 6.45) is 3.04. The Bertz CT molecular complexity index is 888. The van der Waals surface area contributed by atoms with Gasteiger partial charge in [0.25, 0.3) is 10.0 Å². The molecule has 0 bridgehead atoms. The molecule has 0 spiro atoms. The summed E-state index contributed by atoms with van der Waals surface area (Å²) in [7, 11) is -3.69. The molecule has 0 unspecified atom stereocenters. The Morgan fingerprint density at radius 3 is 2.52 bits per heavy atom. The standard InChI is InChI=1S/C16H13N3O2S2/c20-23(21,18-12-14-4-3-11-22-14)15-8-6-13(7-9-15)19-16-5-1-2-10-17-16/h1-12H,(H,17,19)/b18-12+. The number of nitrogens with one attached hydrogen (secondary N) is 1. The molecule has 0 atom stereocenters. The number of rotatable bonds is 5. The summed E-state index contributed by atoms with van der Waals surface area (Å²) in [6.45, 7) is 0. The molecule has 2 heterocycles. The van der Waals surface area contributed by atoms with Crippen molar-refractivity contribution in [3.63, 3.8) is 0 Å². The molecule has 5 nitrogen and oxygen atoms in total. The Hall–Kier alpha value is -2.51. The van der Waals surface area contributed by atoms with Crippen LogP contribution in [0.1, 0.15) is 4.88 Å². The van der Waals surface area contributed by atoms with Crippen LogP contribution in [0.3, 0.4) is 0 Å². The van der Waals surface area contributed by atoms with E-state index >= 15 is 0 Å². The van der Waals surface area contributed by atoms with E-state index in [1.165, 1.54) is 29.7 Å². The molecule has 0 aliphatic carbocycles. The highest BCUT2D eigenvalue weighted by molar-refractivity contribution is 7.90. The van der Waals surface area contributed by atoms with Gasteiger partial charge < -0.3 is 5.32 Å². The van der Waals surface area contributed by atoms with Gasteiger partial charge >= 0.3 is 0 Å². The molecule has 1 N–H and O–H groups in total. The van der Waals surface area contributed by atoms with Crippen LogP contribution in [0.4, 0.5) is 11.5 Å². The maximum Gasteiger partial charge on any atom is 0.282 e. The number of aromatic nitrogens is 1. The Balaban J connectivity index is 1.76. The maximum atomic E-state index is 12.2. The second-order valence-electron chi connectivity index (χ2n) is 4.59. The van der Waals surface area contributed by atoms with Crippen molar-refractivity contribution in [2.24, 2.45) is 4.40 Å². The zero-order chi connectivity index (χ0) is 16.1. The highest BCUT2D eigenvalue weighted by Gasteiger charge is 2.11. The molecule has 0 saturated carbocycles. The predicted octanol–water partition coefficient (Wildman–Crippen LogP) is 3.69. The zero-order valence-corrected chi connectivity index (χ0v) is 13.6. The van der Waals surface area contributed by atoms with Crippen LogP contribution >= 0.6 is 11.3 Å². The van der Waals surface area contributed by atoms with Gasteiger partial charge in [0.05, 0.1) is 11.1 Å². The third-order valence-electron chi connectivity index (χ3n) is 2.95. The topological polar surface area (TPSA) is 71.4 Å². The summed E-state index contributed by atoms with van der Waals surface area (Å²) in [5.74, 6) is 0.693. The van der Waals surface area contributed by atoms with Gasteiger partial charge in [0, 0.05) is 16.8 Å². The lowest BCUT2D eigenvalue weighted by Crippen LogP contribution is -1.98. The average Bonchev–Trinajstić information content (AvgIpc) is 3.08. The number of hydrogen-bond acceptors (Lipinski definition) is 5. The van der Waals surface area contributed by atoms with Gasteiger partial charge in [-0.05, 0) is 47.8 Å². The van der Waals surface area contributed by atoms with E-state index in [0.717, 1.165) is 10.6 Å². The van der Waals surface area contributed by atoms with E-state index in [0.29, 0.717) is 5.82 Å². The molecular formula is C16H13N3O2S2. The van der Waals surface area contributed by atoms with Gasteiger partial charge in [-0.1, -0.05) is 12.1 Å². The molecule has 0 fully saturated rings. The quantitative estimate of drug-likeness (QED) is 0.717. The average molecular weight is 343 g/mol. The molecule has 2 aromatic heterocycles. The van der Waals surface area contributed by atoms with E-state index in [9.17, 15) is 8.42 Å². The summed E-state index contributed by atoms with van der Waals surface area (Å²) >= 11 is 1.43. The molecule has 1 aromatic carbocycles.